The van der Waals surface area contributed by atoms with Crippen LogP contribution in [0.5, 0.6) is 0 Å². The van der Waals surface area contributed by atoms with Crippen LogP contribution < -0.4 is 10.2 Å². The summed E-state index contributed by atoms with van der Waals surface area (Å²) in [6.07, 6.45) is 2.31. The van der Waals surface area contributed by atoms with Crippen LogP contribution in [0.1, 0.15) is 25.5 Å². The van der Waals surface area contributed by atoms with Gasteiger partial charge in [-0.15, -0.1) is 0 Å². The molecule has 0 aliphatic carbocycles. The van der Waals surface area contributed by atoms with Crippen molar-refractivity contribution in [3.8, 4) is 0 Å². The first-order chi connectivity index (χ1) is 9.13. The molecule has 4 nitrogen and oxygen atoms in total. The predicted molar refractivity (Wildman–Crippen MR) is 82.7 cm³/mol. The van der Waals surface area contributed by atoms with E-state index < -0.39 is 0 Å². The lowest BCUT2D eigenvalue weighted by molar-refractivity contribution is 0.401. The molecule has 0 aromatic carbocycles. The van der Waals surface area contributed by atoms with Crippen molar-refractivity contribution in [1.82, 2.24) is 15.2 Å². The average Bonchev–Trinajstić information content (AvgIpc) is 2.39. The van der Waals surface area contributed by atoms with Crippen LogP contribution in [0.2, 0.25) is 0 Å². The summed E-state index contributed by atoms with van der Waals surface area (Å²) in [5.41, 5.74) is 1.12. The molecule has 0 atom stereocenters. The fourth-order valence-electron chi connectivity index (χ4n) is 1.91. The predicted octanol–water partition coefficient (Wildman–Crippen LogP) is 1.97. The molecule has 1 heterocycles. The minimum Gasteiger partial charge on any atom is -0.360 e. The van der Waals surface area contributed by atoms with Gasteiger partial charge < -0.3 is 15.1 Å². The second-order valence-electron chi connectivity index (χ2n) is 5.24. The van der Waals surface area contributed by atoms with Gasteiger partial charge in [-0.1, -0.05) is 13.0 Å². The smallest absolute Gasteiger partial charge is 0.128 e. The van der Waals surface area contributed by atoms with Crippen molar-refractivity contribution in [2.45, 2.75) is 26.3 Å². The quantitative estimate of drug-likeness (QED) is 0.691. The molecular formula is C15H28N4. The lowest BCUT2D eigenvalue weighted by atomic mass is 10.3. The summed E-state index contributed by atoms with van der Waals surface area (Å²) >= 11 is 0. The third kappa shape index (κ3) is 6.55. The number of nitrogens with zero attached hydrogens (tertiary/aromatic N) is 3. The standard InChI is InChI=1S/C15H28N4/c1-5-10-16-13-14-8-6-9-15(17-14)19(4)12-7-11-18(2)3/h6,8-9,16H,5,7,10-13H2,1-4H3. The number of nitrogens with one attached hydrogen (secondary N) is 1. The first-order valence-electron chi connectivity index (χ1n) is 7.16. The van der Waals surface area contributed by atoms with Gasteiger partial charge in [-0.2, -0.15) is 0 Å². The molecule has 0 aliphatic rings. The number of aromatic nitrogens is 1. The van der Waals surface area contributed by atoms with Gasteiger partial charge in [0.25, 0.3) is 0 Å². The van der Waals surface area contributed by atoms with Gasteiger partial charge in [0.15, 0.2) is 0 Å². The fraction of sp³-hybridized carbons (Fsp3) is 0.667. The van der Waals surface area contributed by atoms with Crippen molar-refractivity contribution in [3.05, 3.63) is 23.9 Å². The van der Waals surface area contributed by atoms with Gasteiger partial charge in [-0.3, -0.25) is 0 Å². The van der Waals surface area contributed by atoms with E-state index in [1.807, 2.05) is 0 Å². The Morgan fingerprint density at radius 1 is 1.16 bits per heavy atom. The highest BCUT2D eigenvalue weighted by atomic mass is 15.2. The van der Waals surface area contributed by atoms with Crippen LogP contribution in [0.3, 0.4) is 0 Å². The number of hydrogen-bond donors (Lipinski definition) is 1. The van der Waals surface area contributed by atoms with Crippen LogP contribution >= 0.6 is 0 Å². The molecule has 0 aliphatic heterocycles. The topological polar surface area (TPSA) is 31.4 Å². The zero-order valence-electron chi connectivity index (χ0n) is 12.8. The van der Waals surface area contributed by atoms with Crippen LogP contribution in [0, 0.1) is 0 Å². The van der Waals surface area contributed by atoms with Gasteiger partial charge in [-0.25, -0.2) is 4.98 Å². The highest BCUT2D eigenvalue weighted by Crippen LogP contribution is 2.10. The summed E-state index contributed by atoms with van der Waals surface area (Å²) < 4.78 is 0. The van der Waals surface area contributed by atoms with Gasteiger partial charge in [0.2, 0.25) is 0 Å². The third-order valence-electron chi connectivity index (χ3n) is 3.01. The van der Waals surface area contributed by atoms with Crippen molar-refractivity contribution in [3.63, 3.8) is 0 Å². The van der Waals surface area contributed by atoms with Crippen LogP contribution in [0.15, 0.2) is 18.2 Å². The lowest BCUT2D eigenvalue weighted by Crippen LogP contribution is -2.24. The Bertz CT molecular complexity index is 352. The molecule has 4 heteroatoms. The Morgan fingerprint density at radius 3 is 2.63 bits per heavy atom. The molecule has 1 aromatic rings. The van der Waals surface area contributed by atoms with E-state index in [0.29, 0.717) is 0 Å². The Labute approximate surface area is 117 Å². The van der Waals surface area contributed by atoms with Crippen LogP contribution in [0.4, 0.5) is 5.82 Å². The van der Waals surface area contributed by atoms with Gasteiger partial charge in [0, 0.05) is 20.1 Å². The number of anilines is 1. The molecular weight excluding hydrogens is 236 g/mol. The Kier molecular flexibility index (Phi) is 7.45. The van der Waals surface area contributed by atoms with Gasteiger partial charge in [0.05, 0.1) is 5.69 Å². The van der Waals surface area contributed by atoms with Crippen molar-refractivity contribution in [2.75, 3.05) is 45.7 Å². The van der Waals surface area contributed by atoms with E-state index in [-0.39, 0.29) is 0 Å². The number of hydrogen-bond acceptors (Lipinski definition) is 4. The zero-order valence-corrected chi connectivity index (χ0v) is 12.8. The first-order valence-corrected chi connectivity index (χ1v) is 7.16. The van der Waals surface area contributed by atoms with E-state index >= 15 is 0 Å². The molecule has 0 bridgehead atoms. The van der Waals surface area contributed by atoms with Crippen molar-refractivity contribution in [2.24, 2.45) is 0 Å². The molecule has 0 fully saturated rings. The third-order valence-corrected chi connectivity index (χ3v) is 3.01. The van der Waals surface area contributed by atoms with Crippen LogP contribution in [-0.4, -0.2) is 50.7 Å². The zero-order chi connectivity index (χ0) is 14.1. The maximum atomic E-state index is 4.69. The molecule has 0 amide bonds. The molecule has 1 N–H and O–H groups in total. The normalized spacial score (nSPS) is 11.0. The summed E-state index contributed by atoms with van der Waals surface area (Å²) in [5.74, 6) is 1.06. The lowest BCUT2D eigenvalue weighted by Gasteiger charge is -2.20. The van der Waals surface area contributed by atoms with Crippen LogP contribution in [0.25, 0.3) is 0 Å². The molecule has 0 spiro atoms. The fourth-order valence-corrected chi connectivity index (χ4v) is 1.91. The number of pyridine rings is 1. The minimum atomic E-state index is 0.854. The highest BCUT2D eigenvalue weighted by molar-refractivity contribution is 5.38. The van der Waals surface area contributed by atoms with E-state index in [0.717, 1.165) is 50.5 Å². The van der Waals surface area contributed by atoms with E-state index in [4.69, 9.17) is 4.98 Å². The Morgan fingerprint density at radius 2 is 1.95 bits per heavy atom. The Balaban J connectivity index is 2.45. The summed E-state index contributed by atoms with van der Waals surface area (Å²) in [7, 11) is 6.33. The minimum absolute atomic E-state index is 0.854. The number of rotatable bonds is 9. The van der Waals surface area contributed by atoms with E-state index in [9.17, 15) is 0 Å². The van der Waals surface area contributed by atoms with Gasteiger partial charge in [-0.05, 0) is 52.2 Å². The summed E-state index contributed by atoms with van der Waals surface area (Å²) in [6.45, 7) is 6.23. The molecule has 0 radical (unpaired) electrons. The van der Waals surface area contributed by atoms with Crippen molar-refractivity contribution in [1.29, 1.82) is 0 Å². The maximum Gasteiger partial charge on any atom is 0.128 e. The Hall–Kier alpha value is -1.13. The second kappa shape index (κ2) is 8.88. The molecule has 108 valence electrons. The summed E-state index contributed by atoms with van der Waals surface area (Å²) in [5, 5.41) is 3.39. The summed E-state index contributed by atoms with van der Waals surface area (Å²) in [6, 6.07) is 6.26. The van der Waals surface area contributed by atoms with Crippen LogP contribution in [-0.2, 0) is 6.54 Å². The van der Waals surface area contributed by atoms with E-state index in [2.05, 4.69) is 61.4 Å². The van der Waals surface area contributed by atoms with Crippen molar-refractivity contribution < 1.29 is 0 Å². The van der Waals surface area contributed by atoms with Gasteiger partial charge >= 0.3 is 0 Å². The SMILES string of the molecule is CCCNCc1cccc(N(C)CCCN(C)C)n1. The highest BCUT2D eigenvalue weighted by Gasteiger charge is 2.03. The molecule has 19 heavy (non-hydrogen) atoms. The monoisotopic (exact) mass is 264 g/mol. The van der Waals surface area contributed by atoms with E-state index in [1.165, 1.54) is 0 Å². The molecule has 0 unspecified atom stereocenters. The first kappa shape index (κ1) is 15.9. The molecule has 1 aromatic heterocycles. The van der Waals surface area contributed by atoms with Crippen molar-refractivity contribution >= 4 is 5.82 Å². The largest absolute Gasteiger partial charge is 0.360 e. The van der Waals surface area contributed by atoms with E-state index in [1.54, 1.807) is 0 Å². The average molecular weight is 264 g/mol. The summed E-state index contributed by atoms with van der Waals surface area (Å²) in [4.78, 5) is 9.14. The van der Waals surface area contributed by atoms with Gasteiger partial charge in [0.1, 0.15) is 5.82 Å². The molecule has 0 saturated heterocycles. The maximum absolute atomic E-state index is 4.69. The molecule has 0 saturated carbocycles. The second-order valence-corrected chi connectivity index (χ2v) is 5.24. The molecule has 1 rings (SSSR count).